The molecule has 0 aromatic carbocycles. The first-order chi connectivity index (χ1) is 3.15. The van der Waals surface area contributed by atoms with Gasteiger partial charge in [0.15, 0.2) is 0 Å². The number of rotatable bonds is 0. The first kappa shape index (κ1) is 15.7. The van der Waals surface area contributed by atoms with E-state index in [0.29, 0.717) is 12.2 Å². The van der Waals surface area contributed by atoms with Crippen LogP contribution in [0.2, 0.25) is 0 Å². The van der Waals surface area contributed by atoms with Crippen LogP contribution in [0.5, 0.6) is 0 Å². The van der Waals surface area contributed by atoms with Gasteiger partial charge >= 0.3 is 23.1 Å². The topological polar surface area (TPSA) is 17.1 Å². The van der Waals surface area contributed by atoms with Crippen molar-refractivity contribution in [1.82, 2.24) is 0 Å². The van der Waals surface area contributed by atoms with Crippen LogP contribution in [0, 0.1) is 19.8 Å². The van der Waals surface area contributed by atoms with E-state index in [1.165, 1.54) is 0 Å². The summed E-state index contributed by atoms with van der Waals surface area (Å²) < 4.78 is 0. The number of hydrogen-bond acceptors (Lipinski definition) is 1. The maximum atomic E-state index is 8.69. The predicted octanol–water partition coefficient (Wildman–Crippen LogP) is 1.12. The Bertz CT molecular complexity index is 32.8. The van der Waals surface area contributed by atoms with E-state index in [0.717, 1.165) is 0 Å². The molecule has 0 radical (unpaired) electrons. The van der Waals surface area contributed by atoms with E-state index in [1.54, 1.807) is 0 Å². The second-order valence-electron chi connectivity index (χ2n) is 1.56. The standard InChI is InChI=1S/C4H9.C2H3O.Mg/c1-4(2)3;1-2-3;/h4H,1H2,2-3H3;2H,1H2;/q2*-1;+2. The maximum Gasteiger partial charge on any atom is 2.00 e. The number of carbonyl (C=O) groups excluding carboxylic acids is 1. The number of carbonyl (C=O) groups is 1. The van der Waals surface area contributed by atoms with Crippen molar-refractivity contribution in [3.05, 3.63) is 13.8 Å². The van der Waals surface area contributed by atoms with Crippen LogP contribution < -0.4 is 0 Å². The Morgan fingerprint density at radius 2 is 1.50 bits per heavy atom. The van der Waals surface area contributed by atoms with Gasteiger partial charge in [-0.1, -0.05) is 13.8 Å². The molecule has 0 N–H and O–H groups in total. The Hall–Kier alpha value is 0.306. The van der Waals surface area contributed by atoms with Crippen molar-refractivity contribution < 1.29 is 4.79 Å². The van der Waals surface area contributed by atoms with E-state index >= 15 is 0 Å². The molecule has 0 rings (SSSR count). The van der Waals surface area contributed by atoms with Crippen LogP contribution in [0.4, 0.5) is 0 Å². The summed E-state index contributed by atoms with van der Waals surface area (Å²) in [5.74, 6) is 0.583. The van der Waals surface area contributed by atoms with Gasteiger partial charge in [-0.3, -0.25) is 0 Å². The first-order valence-electron chi connectivity index (χ1n) is 2.21. The van der Waals surface area contributed by atoms with Gasteiger partial charge in [0.25, 0.3) is 0 Å². The maximum absolute atomic E-state index is 8.69. The molecular weight excluding hydrogens is 112 g/mol. The first-order valence-corrected chi connectivity index (χ1v) is 2.21. The fourth-order valence-corrected chi connectivity index (χ4v) is 0. The Morgan fingerprint density at radius 1 is 1.50 bits per heavy atom. The van der Waals surface area contributed by atoms with Crippen molar-refractivity contribution in [3.8, 4) is 0 Å². The molecular formula is C6H12MgO. The number of aldehydes is 1. The van der Waals surface area contributed by atoms with Gasteiger partial charge in [0.05, 0.1) is 0 Å². The molecule has 0 aliphatic carbocycles. The zero-order chi connectivity index (χ0) is 6.28. The molecule has 0 atom stereocenters. The average molecular weight is 124 g/mol. The fraction of sp³-hybridized carbons (Fsp3) is 0.500. The largest absolute Gasteiger partial charge is 2.00 e. The summed E-state index contributed by atoms with van der Waals surface area (Å²) >= 11 is 0. The normalized spacial score (nSPS) is 6.00. The van der Waals surface area contributed by atoms with Crippen LogP contribution >= 0.6 is 0 Å². The minimum atomic E-state index is 0. The minimum Gasteiger partial charge on any atom is -0.343 e. The van der Waals surface area contributed by atoms with Crippen molar-refractivity contribution in [2.75, 3.05) is 0 Å². The molecule has 8 heavy (non-hydrogen) atoms. The van der Waals surface area contributed by atoms with E-state index in [9.17, 15) is 0 Å². The van der Waals surface area contributed by atoms with Crippen LogP contribution in [-0.4, -0.2) is 29.3 Å². The average Bonchev–Trinajstić information content (AvgIpc) is 1.33. The summed E-state index contributed by atoms with van der Waals surface area (Å²) in [6.45, 7) is 10.6. The molecule has 2 heteroatoms. The van der Waals surface area contributed by atoms with Gasteiger partial charge in [0, 0.05) is 0 Å². The number of hydrogen-bond donors (Lipinski definition) is 0. The van der Waals surface area contributed by atoms with Crippen molar-refractivity contribution >= 4 is 29.3 Å². The fourth-order valence-electron chi connectivity index (χ4n) is 0. The van der Waals surface area contributed by atoms with Crippen molar-refractivity contribution in [2.45, 2.75) is 13.8 Å². The molecule has 0 bridgehead atoms. The van der Waals surface area contributed by atoms with Crippen LogP contribution in [0.15, 0.2) is 0 Å². The molecule has 0 unspecified atom stereocenters. The Balaban J connectivity index is -0.0000000575. The monoisotopic (exact) mass is 124 g/mol. The van der Waals surface area contributed by atoms with E-state index in [4.69, 9.17) is 4.79 Å². The van der Waals surface area contributed by atoms with Crippen molar-refractivity contribution in [2.24, 2.45) is 5.92 Å². The summed E-state index contributed by atoms with van der Waals surface area (Å²) in [4.78, 5) is 8.69. The molecule has 0 fully saturated rings. The third kappa shape index (κ3) is 1890. The van der Waals surface area contributed by atoms with Gasteiger partial charge in [0.1, 0.15) is 0 Å². The van der Waals surface area contributed by atoms with Crippen LogP contribution in [-0.2, 0) is 4.79 Å². The second kappa shape index (κ2) is 15.7. The van der Waals surface area contributed by atoms with Crippen LogP contribution in [0.3, 0.4) is 0 Å². The summed E-state index contributed by atoms with van der Waals surface area (Å²) in [5, 5.41) is 0. The molecule has 0 aromatic rings. The minimum absolute atomic E-state index is 0. The third-order valence-corrected chi connectivity index (χ3v) is 0. The molecule has 0 spiro atoms. The summed E-state index contributed by atoms with van der Waals surface area (Å²) in [6, 6.07) is 0. The Labute approximate surface area is 68.0 Å². The smallest absolute Gasteiger partial charge is 0.343 e. The summed E-state index contributed by atoms with van der Waals surface area (Å²) in [7, 11) is 0. The zero-order valence-corrected chi connectivity index (χ0v) is 7.10. The molecule has 0 heterocycles. The second-order valence-corrected chi connectivity index (χ2v) is 1.56. The molecule has 0 amide bonds. The van der Waals surface area contributed by atoms with E-state index in [1.807, 2.05) is 0 Å². The molecule has 0 saturated carbocycles. The molecule has 0 aliphatic rings. The molecule has 0 saturated heterocycles. The molecule has 1 nitrogen and oxygen atoms in total. The summed E-state index contributed by atoms with van der Waals surface area (Å²) in [5.41, 5.74) is 0. The van der Waals surface area contributed by atoms with Crippen LogP contribution in [0.25, 0.3) is 0 Å². The predicted molar refractivity (Wildman–Crippen MR) is 37.4 cm³/mol. The van der Waals surface area contributed by atoms with Gasteiger partial charge in [-0.05, 0) is 6.29 Å². The van der Waals surface area contributed by atoms with Crippen LogP contribution in [0.1, 0.15) is 13.8 Å². The van der Waals surface area contributed by atoms with E-state index in [-0.39, 0.29) is 23.1 Å². The Kier molecular flexibility index (Phi) is 30.8. The molecule has 0 aromatic heterocycles. The SMILES string of the molecule is [CH2-]C(C)C.[CH2-]C=O.[Mg+2]. The van der Waals surface area contributed by atoms with Gasteiger partial charge in [-0.2, -0.15) is 5.92 Å². The molecule has 44 valence electrons. The van der Waals surface area contributed by atoms with Gasteiger partial charge < -0.3 is 18.6 Å². The zero-order valence-electron chi connectivity index (χ0n) is 5.68. The van der Waals surface area contributed by atoms with Gasteiger partial charge in [0.2, 0.25) is 0 Å². The Morgan fingerprint density at radius 3 is 1.50 bits per heavy atom. The van der Waals surface area contributed by atoms with Crippen molar-refractivity contribution in [3.63, 3.8) is 0 Å². The van der Waals surface area contributed by atoms with Gasteiger partial charge in [-0.25, -0.2) is 0 Å². The quantitative estimate of drug-likeness (QED) is 0.269. The third-order valence-electron chi connectivity index (χ3n) is 0. The summed E-state index contributed by atoms with van der Waals surface area (Å²) in [6.07, 6.45) is 0.500. The van der Waals surface area contributed by atoms with Gasteiger partial charge in [-0.15, -0.1) is 0 Å². The van der Waals surface area contributed by atoms with E-state index < -0.39 is 0 Å². The van der Waals surface area contributed by atoms with E-state index in [2.05, 4.69) is 27.7 Å². The molecule has 0 aliphatic heterocycles. The van der Waals surface area contributed by atoms with Crippen molar-refractivity contribution in [1.29, 1.82) is 0 Å².